The molecule has 0 atom stereocenters. The molecule has 3 aromatic rings. The highest BCUT2D eigenvalue weighted by Gasteiger charge is 2.33. The summed E-state index contributed by atoms with van der Waals surface area (Å²) in [4.78, 5) is 28.7. The zero-order valence-corrected chi connectivity index (χ0v) is 15.2. The van der Waals surface area contributed by atoms with Crippen LogP contribution in [0, 0.1) is 6.92 Å². The number of rotatable bonds is 4. The average molecular weight is 399 g/mol. The van der Waals surface area contributed by atoms with Crippen molar-refractivity contribution in [1.29, 1.82) is 0 Å². The van der Waals surface area contributed by atoms with Gasteiger partial charge in [0.15, 0.2) is 0 Å². The van der Waals surface area contributed by atoms with Gasteiger partial charge in [0.2, 0.25) is 0 Å². The SMILES string of the molecule is Cc1cccc(NC(=O)c2cncc(C(=O)Nc3ccccc3C(F)(F)F)c2)c1. The van der Waals surface area contributed by atoms with Crippen molar-refractivity contribution in [1.82, 2.24) is 4.98 Å². The third-order valence-electron chi connectivity index (χ3n) is 4.02. The number of amides is 2. The van der Waals surface area contributed by atoms with Crippen molar-refractivity contribution in [3.8, 4) is 0 Å². The lowest BCUT2D eigenvalue weighted by Gasteiger charge is -2.13. The first-order chi connectivity index (χ1) is 13.7. The van der Waals surface area contributed by atoms with Crippen LogP contribution in [0.2, 0.25) is 0 Å². The predicted octanol–water partition coefficient (Wildman–Crippen LogP) is 4.91. The van der Waals surface area contributed by atoms with Crippen LogP contribution in [0.5, 0.6) is 0 Å². The van der Waals surface area contributed by atoms with Crippen molar-refractivity contribution < 1.29 is 22.8 Å². The van der Waals surface area contributed by atoms with Gasteiger partial charge in [-0.25, -0.2) is 0 Å². The van der Waals surface area contributed by atoms with E-state index in [1.54, 1.807) is 18.2 Å². The number of alkyl halides is 3. The van der Waals surface area contributed by atoms with Crippen molar-refractivity contribution >= 4 is 23.2 Å². The van der Waals surface area contributed by atoms with E-state index in [2.05, 4.69) is 15.6 Å². The van der Waals surface area contributed by atoms with Crippen molar-refractivity contribution in [2.24, 2.45) is 0 Å². The van der Waals surface area contributed by atoms with E-state index < -0.39 is 23.6 Å². The number of anilines is 2. The number of nitrogens with one attached hydrogen (secondary N) is 2. The molecule has 0 aliphatic heterocycles. The molecule has 0 aliphatic carbocycles. The Morgan fingerprint density at radius 2 is 1.52 bits per heavy atom. The smallest absolute Gasteiger partial charge is 0.322 e. The minimum atomic E-state index is -4.61. The van der Waals surface area contributed by atoms with Crippen molar-refractivity contribution in [2.45, 2.75) is 13.1 Å². The van der Waals surface area contributed by atoms with Gasteiger partial charge in [0.05, 0.1) is 22.4 Å². The number of para-hydroxylation sites is 1. The number of hydrogen-bond donors (Lipinski definition) is 2. The molecule has 2 N–H and O–H groups in total. The van der Waals surface area contributed by atoms with Gasteiger partial charge in [0.1, 0.15) is 0 Å². The highest BCUT2D eigenvalue weighted by molar-refractivity contribution is 6.08. The van der Waals surface area contributed by atoms with E-state index in [-0.39, 0.29) is 16.8 Å². The molecule has 29 heavy (non-hydrogen) atoms. The summed E-state index contributed by atoms with van der Waals surface area (Å²) in [6, 6.07) is 13.1. The topological polar surface area (TPSA) is 71.1 Å². The lowest BCUT2D eigenvalue weighted by atomic mass is 10.1. The van der Waals surface area contributed by atoms with Crippen LogP contribution in [0.1, 0.15) is 31.8 Å². The van der Waals surface area contributed by atoms with Crippen molar-refractivity contribution in [3.63, 3.8) is 0 Å². The van der Waals surface area contributed by atoms with Crippen molar-refractivity contribution in [3.05, 3.63) is 89.2 Å². The van der Waals surface area contributed by atoms with Gasteiger partial charge in [-0.2, -0.15) is 13.2 Å². The van der Waals surface area contributed by atoms with E-state index in [9.17, 15) is 22.8 Å². The van der Waals surface area contributed by atoms with E-state index >= 15 is 0 Å². The fourth-order valence-corrected chi connectivity index (χ4v) is 2.65. The number of hydrogen-bond acceptors (Lipinski definition) is 3. The highest BCUT2D eigenvalue weighted by Crippen LogP contribution is 2.34. The van der Waals surface area contributed by atoms with Gasteiger partial charge >= 0.3 is 6.18 Å². The second kappa shape index (κ2) is 8.14. The van der Waals surface area contributed by atoms with Gasteiger partial charge in [-0.3, -0.25) is 14.6 Å². The Hall–Kier alpha value is -3.68. The van der Waals surface area contributed by atoms with Gasteiger partial charge in [-0.05, 0) is 42.8 Å². The summed E-state index contributed by atoms with van der Waals surface area (Å²) in [6.45, 7) is 1.88. The third-order valence-corrected chi connectivity index (χ3v) is 4.02. The Morgan fingerprint density at radius 3 is 2.17 bits per heavy atom. The molecule has 148 valence electrons. The molecular formula is C21H16F3N3O2. The fourth-order valence-electron chi connectivity index (χ4n) is 2.65. The van der Waals surface area contributed by atoms with Gasteiger partial charge in [-0.15, -0.1) is 0 Å². The highest BCUT2D eigenvalue weighted by atomic mass is 19.4. The standard InChI is InChI=1S/C21H16F3N3O2/c1-13-5-4-6-16(9-13)26-19(28)14-10-15(12-25-11-14)20(29)27-18-8-3-2-7-17(18)21(22,23)24/h2-12H,1H3,(H,26,28)(H,27,29). The lowest BCUT2D eigenvalue weighted by molar-refractivity contribution is -0.136. The lowest BCUT2D eigenvalue weighted by Crippen LogP contribution is -2.18. The Kier molecular flexibility index (Phi) is 5.63. The second-order valence-corrected chi connectivity index (χ2v) is 6.28. The summed E-state index contributed by atoms with van der Waals surface area (Å²) in [6.07, 6.45) is -2.17. The molecule has 0 fully saturated rings. The number of carbonyl (C=O) groups is 2. The summed E-state index contributed by atoms with van der Waals surface area (Å²) >= 11 is 0. The van der Waals surface area contributed by atoms with Gasteiger partial charge in [0.25, 0.3) is 11.8 Å². The van der Waals surface area contributed by atoms with E-state index in [1.165, 1.54) is 30.6 Å². The molecule has 0 saturated carbocycles. The predicted molar refractivity (Wildman–Crippen MR) is 103 cm³/mol. The van der Waals surface area contributed by atoms with Crippen LogP contribution in [-0.4, -0.2) is 16.8 Å². The molecule has 2 aromatic carbocycles. The van der Waals surface area contributed by atoms with Crippen LogP contribution in [0.25, 0.3) is 0 Å². The normalized spacial score (nSPS) is 11.0. The van der Waals surface area contributed by atoms with Crippen LogP contribution in [-0.2, 0) is 6.18 Å². The van der Waals surface area contributed by atoms with Crippen LogP contribution in [0.3, 0.4) is 0 Å². The summed E-state index contributed by atoms with van der Waals surface area (Å²) in [5.74, 6) is -1.30. The number of pyridine rings is 1. The van der Waals surface area contributed by atoms with E-state index in [1.807, 2.05) is 13.0 Å². The molecule has 5 nitrogen and oxygen atoms in total. The van der Waals surface area contributed by atoms with Gasteiger partial charge in [-0.1, -0.05) is 24.3 Å². The van der Waals surface area contributed by atoms with Crippen LogP contribution >= 0.6 is 0 Å². The quantitative estimate of drug-likeness (QED) is 0.655. The molecule has 8 heteroatoms. The molecule has 0 unspecified atom stereocenters. The number of benzene rings is 2. The monoisotopic (exact) mass is 399 g/mol. The first-order valence-electron chi connectivity index (χ1n) is 8.55. The van der Waals surface area contributed by atoms with Crippen LogP contribution in [0.4, 0.5) is 24.5 Å². The molecule has 1 aromatic heterocycles. The zero-order valence-electron chi connectivity index (χ0n) is 15.2. The van der Waals surface area contributed by atoms with E-state index in [4.69, 9.17) is 0 Å². The molecule has 0 radical (unpaired) electrons. The minimum absolute atomic E-state index is 0.0427. The minimum Gasteiger partial charge on any atom is -0.322 e. The largest absolute Gasteiger partial charge is 0.418 e. The molecular weight excluding hydrogens is 383 g/mol. The summed E-state index contributed by atoms with van der Waals surface area (Å²) in [5, 5.41) is 4.91. The van der Waals surface area contributed by atoms with Crippen molar-refractivity contribution in [2.75, 3.05) is 10.6 Å². The number of halogens is 3. The second-order valence-electron chi connectivity index (χ2n) is 6.28. The molecule has 0 saturated heterocycles. The number of carbonyl (C=O) groups excluding carboxylic acids is 2. The first-order valence-corrected chi connectivity index (χ1v) is 8.55. The first kappa shape index (κ1) is 20.1. The zero-order chi connectivity index (χ0) is 21.0. The maximum Gasteiger partial charge on any atom is 0.418 e. The molecule has 1 heterocycles. The molecule has 3 rings (SSSR count). The maximum absolute atomic E-state index is 13.1. The Bertz CT molecular complexity index is 1060. The maximum atomic E-state index is 13.1. The van der Waals surface area contributed by atoms with Gasteiger partial charge < -0.3 is 10.6 Å². The average Bonchev–Trinajstić information content (AvgIpc) is 2.67. The molecule has 0 aliphatic rings. The summed E-state index contributed by atoms with van der Waals surface area (Å²) < 4.78 is 39.3. The Morgan fingerprint density at radius 1 is 0.862 bits per heavy atom. The number of aryl methyl sites for hydroxylation is 1. The molecule has 0 spiro atoms. The molecule has 0 bridgehead atoms. The number of aromatic nitrogens is 1. The van der Waals surface area contributed by atoms with E-state index in [0.717, 1.165) is 17.7 Å². The number of nitrogens with zero attached hydrogens (tertiary/aromatic N) is 1. The fraction of sp³-hybridized carbons (Fsp3) is 0.0952. The summed E-state index contributed by atoms with van der Waals surface area (Å²) in [7, 11) is 0. The summed E-state index contributed by atoms with van der Waals surface area (Å²) in [5.41, 5.74) is 0.248. The van der Waals surface area contributed by atoms with Crippen LogP contribution in [0.15, 0.2) is 67.0 Å². The molecule has 2 amide bonds. The Labute approximate surface area is 164 Å². The van der Waals surface area contributed by atoms with Crippen LogP contribution < -0.4 is 10.6 Å². The van der Waals surface area contributed by atoms with E-state index in [0.29, 0.717) is 5.69 Å². The third kappa shape index (κ3) is 4.98. The van der Waals surface area contributed by atoms with Gasteiger partial charge in [0, 0.05) is 18.1 Å². The Balaban J connectivity index is 1.79.